The molecule has 1 aromatic carbocycles. The number of nitriles is 1. The van der Waals surface area contributed by atoms with Crippen molar-refractivity contribution in [1.82, 2.24) is 4.90 Å². The van der Waals surface area contributed by atoms with E-state index in [1.165, 1.54) is 0 Å². The predicted octanol–water partition coefficient (Wildman–Crippen LogP) is 2.48. The van der Waals surface area contributed by atoms with Crippen molar-refractivity contribution in [3.8, 4) is 17.6 Å². The molecule has 0 fully saturated rings. The van der Waals surface area contributed by atoms with Crippen LogP contribution in [0.1, 0.15) is 18.9 Å². The highest BCUT2D eigenvalue weighted by Gasteiger charge is 2.26. The summed E-state index contributed by atoms with van der Waals surface area (Å²) < 4.78 is 10.5. The van der Waals surface area contributed by atoms with Gasteiger partial charge in [0.25, 0.3) is 0 Å². The molecule has 0 aliphatic rings. The summed E-state index contributed by atoms with van der Waals surface area (Å²) in [6, 6.07) is 8.24. The minimum absolute atomic E-state index is 0.451. The highest BCUT2D eigenvalue weighted by molar-refractivity contribution is 5.43. The summed E-state index contributed by atoms with van der Waals surface area (Å²) in [6.07, 6.45) is 1.59. The van der Waals surface area contributed by atoms with Crippen LogP contribution in [0.25, 0.3) is 0 Å². The summed E-state index contributed by atoms with van der Waals surface area (Å²) >= 11 is 0. The smallest absolute Gasteiger partial charge is 0.160 e. The van der Waals surface area contributed by atoms with Crippen LogP contribution in [0.5, 0.6) is 11.5 Å². The lowest BCUT2D eigenvalue weighted by Gasteiger charge is -2.29. The molecule has 0 aliphatic carbocycles. The molecule has 0 radical (unpaired) electrons. The van der Waals surface area contributed by atoms with Gasteiger partial charge in [0.1, 0.15) is 5.54 Å². The van der Waals surface area contributed by atoms with Crippen LogP contribution in [0, 0.1) is 11.3 Å². The lowest BCUT2D eigenvalue weighted by molar-refractivity contribution is 0.224. The topological polar surface area (TPSA) is 45.5 Å². The normalized spacial score (nSPS) is 13.7. The van der Waals surface area contributed by atoms with Crippen LogP contribution >= 0.6 is 0 Å². The molecule has 4 heteroatoms. The molecule has 104 valence electrons. The van der Waals surface area contributed by atoms with Crippen molar-refractivity contribution in [3.05, 3.63) is 23.8 Å². The van der Waals surface area contributed by atoms with Gasteiger partial charge in [0.2, 0.25) is 0 Å². The van der Waals surface area contributed by atoms with Crippen molar-refractivity contribution in [2.24, 2.45) is 0 Å². The molecule has 1 aromatic rings. The molecule has 0 N–H and O–H groups in total. The molecule has 0 saturated heterocycles. The summed E-state index contributed by atoms with van der Waals surface area (Å²) in [5, 5.41) is 9.28. The maximum absolute atomic E-state index is 9.28. The molecular weight excluding hydrogens is 240 g/mol. The van der Waals surface area contributed by atoms with Gasteiger partial charge in [0, 0.05) is 0 Å². The molecule has 0 spiro atoms. The first kappa shape index (κ1) is 15.3. The summed E-state index contributed by atoms with van der Waals surface area (Å²) in [4.78, 5) is 1.95. The van der Waals surface area contributed by atoms with E-state index in [2.05, 4.69) is 6.07 Å². The van der Waals surface area contributed by atoms with Crippen LogP contribution in [0.2, 0.25) is 0 Å². The Kier molecular flexibility index (Phi) is 5.20. The van der Waals surface area contributed by atoms with Crippen LogP contribution in [0.3, 0.4) is 0 Å². The third-order valence-electron chi connectivity index (χ3n) is 3.58. The number of nitrogens with zero attached hydrogens (tertiary/aromatic N) is 2. The first-order chi connectivity index (χ1) is 8.96. The molecule has 0 amide bonds. The van der Waals surface area contributed by atoms with Gasteiger partial charge >= 0.3 is 0 Å². The zero-order valence-corrected chi connectivity index (χ0v) is 12.4. The molecule has 0 heterocycles. The van der Waals surface area contributed by atoms with Gasteiger partial charge in [-0.1, -0.05) is 6.07 Å². The Labute approximate surface area is 115 Å². The molecule has 19 heavy (non-hydrogen) atoms. The highest BCUT2D eigenvalue weighted by Crippen LogP contribution is 2.29. The predicted molar refractivity (Wildman–Crippen MR) is 75.6 cm³/mol. The second-order valence-corrected chi connectivity index (χ2v) is 4.97. The van der Waals surface area contributed by atoms with Crippen molar-refractivity contribution in [2.45, 2.75) is 25.3 Å². The largest absolute Gasteiger partial charge is 0.493 e. The Morgan fingerprint density at radius 1 is 1.21 bits per heavy atom. The monoisotopic (exact) mass is 262 g/mol. The Hall–Kier alpha value is -1.73. The van der Waals surface area contributed by atoms with Gasteiger partial charge in [0.05, 0.1) is 20.3 Å². The standard InChI is InChI=1S/C15H22N2O2/c1-15(11-16,17(2)3)9-8-12-6-7-13(18-4)14(10-12)19-5/h6-7,10H,8-9H2,1-5H3. The second-order valence-electron chi connectivity index (χ2n) is 4.97. The van der Waals surface area contributed by atoms with E-state index in [0.29, 0.717) is 0 Å². The van der Waals surface area contributed by atoms with E-state index < -0.39 is 5.54 Å². The average molecular weight is 262 g/mol. The Morgan fingerprint density at radius 2 is 1.84 bits per heavy atom. The maximum Gasteiger partial charge on any atom is 0.160 e. The number of methoxy groups -OCH3 is 2. The summed E-state index contributed by atoms with van der Waals surface area (Å²) in [6.45, 7) is 1.95. The van der Waals surface area contributed by atoms with E-state index in [-0.39, 0.29) is 0 Å². The molecule has 1 unspecified atom stereocenters. The van der Waals surface area contributed by atoms with E-state index in [9.17, 15) is 5.26 Å². The molecule has 0 bridgehead atoms. The van der Waals surface area contributed by atoms with E-state index in [4.69, 9.17) is 9.47 Å². The van der Waals surface area contributed by atoms with Gasteiger partial charge in [0.15, 0.2) is 11.5 Å². The van der Waals surface area contributed by atoms with Crippen LogP contribution in [-0.4, -0.2) is 38.8 Å². The van der Waals surface area contributed by atoms with E-state index >= 15 is 0 Å². The highest BCUT2D eigenvalue weighted by atomic mass is 16.5. The fourth-order valence-electron chi connectivity index (χ4n) is 1.80. The Bertz CT molecular complexity index is 466. The summed E-state index contributed by atoms with van der Waals surface area (Å²) in [7, 11) is 7.10. The summed E-state index contributed by atoms with van der Waals surface area (Å²) in [5.74, 6) is 1.45. The van der Waals surface area contributed by atoms with Crippen molar-refractivity contribution in [1.29, 1.82) is 5.26 Å². The molecule has 1 rings (SSSR count). The molecule has 4 nitrogen and oxygen atoms in total. The number of ether oxygens (including phenoxy) is 2. The van der Waals surface area contributed by atoms with Gasteiger partial charge in [-0.3, -0.25) is 4.90 Å². The summed E-state index contributed by atoms with van der Waals surface area (Å²) in [5.41, 5.74) is 0.689. The number of hydrogen-bond donors (Lipinski definition) is 0. The van der Waals surface area contributed by atoms with Crippen molar-refractivity contribution in [2.75, 3.05) is 28.3 Å². The van der Waals surface area contributed by atoms with Crippen molar-refractivity contribution >= 4 is 0 Å². The van der Waals surface area contributed by atoms with Crippen LogP contribution in [0.15, 0.2) is 18.2 Å². The van der Waals surface area contributed by atoms with Crippen LogP contribution in [-0.2, 0) is 6.42 Å². The number of rotatable bonds is 6. The van der Waals surface area contributed by atoms with Gasteiger partial charge in [-0.25, -0.2) is 0 Å². The lowest BCUT2D eigenvalue weighted by atomic mass is 9.93. The Balaban J connectivity index is 2.82. The van der Waals surface area contributed by atoms with E-state index in [1.54, 1.807) is 14.2 Å². The molecule has 0 aromatic heterocycles. The van der Waals surface area contributed by atoms with Gasteiger partial charge < -0.3 is 9.47 Å². The Morgan fingerprint density at radius 3 is 2.32 bits per heavy atom. The molecule has 1 atom stereocenters. The fraction of sp³-hybridized carbons (Fsp3) is 0.533. The van der Waals surface area contributed by atoms with E-state index in [0.717, 1.165) is 29.9 Å². The van der Waals surface area contributed by atoms with E-state index in [1.807, 2.05) is 44.1 Å². The van der Waals surface area contributed by atoms with Crippen LogP contribution < -0.4 is 9.47 Å². The SMILES string of the molecule is COc1ccc(CCC(C)(C#N)N(C)C)cc1OC. The maximum atomic E-state index is 9.28. The lowest BCUT2D eigenvalue weighted by Crippen LogP contribution is -2.40. The first-order valence-electron chi connectivity index (χ1n) is 6.26. The third-order valence-corrected chi connectivity index (χ3v) is 3.58. The van der Waals surface area contributed by atoms with Crippen molar-refractivity contribution < 1.29 is 9.47 Å². The van der Waals surface area contributed by atoms with Gasteiger partial charge in [-0.05, 0) is 51.6 Å². The second kappa shape index (κ2) is 6.44. The third kappa shape index (κ3) is 3.62. The number of hydrogen-bond acceptors (Lipinski definition) is 4. The fourth-order valence-corrected chi connectivity index (χ4v) is 1.80. The number of aryl methyl sites for hydroxylation is 1. The molecule has 0 saturated carbocycles. The zero-order valence-electron chi connectivity index (χ0n) is 12.4. The van der Waals surface area contributed by atoms with Crippen LogP contribution in [0.4, 0.5) is 0 Å². The van der Waals surface area contributed by atoms with Gasteiger partial charge in [-0.2, -0.15) is 5.26 Å². The molecule has 0 aliphatic heterocycles. The van der Waals surface area contributed by atoms with Gasteiger partial charge in [-0.15, -0.1) is 0 Å². The number of benzene rings is 1. The average Bonchev–Trinajstić information content (AvgIpc) is 2.43. The first-order valence-corrected chi connectivity index (χ1v) is 6.26. The minimum Gasteiger partial charge on any atom is -0.493 e. The van der Waals surface area contributed by atoms with Crippen molar-refractivity contribution in [3.63, 3.8) is 0 Å². The zero-order chi connectivity index (χ0) is 14.5. The molecular formula is C15H22N2O2. The minimum atomic E-state index is -0.451. The quantitative estimate of drug-likeness (QED) is 0.790.